The maximum Gasteiger partial charge on any atom is 0.264 e. The zero-order valence-corrected chi connectivity index (χ0v) is 12.5. The fraction of sp³-hybridized carbons (Fsp3) is 0.0769. The van der Waals surface area contributed by atoms with Crippen molar-refractivity contribution in [3.63, 3.8) is 0 Å². The predicted octanol–water partition coefficient (Wildman–Crippen LogP) is 2.72. The first kappa shape index (κ1) is 13.8. The van der Waals surface area contributed by atoms with E-state index >= 15 is 0 Å². The number of aromatic nitrogens is 3. The third-order valence-electron chi connectivity index (χ3n) is 2.97. The van der Waals surface area contributed by atoms with Gasteiger partial charge in [0, 0.05) is 17.8 Å². The third-order valence-corrected chi connectivity index (χ3v) is 4.79. The van der Waals surface area contributed by atoms with Crippen LogP contribution in [0.5, 0.6) is 0 Å². The molecular formula is C13H11ClN4O2S. The van der Waals surface area contributed by atoms with Gasteiger partial charge in [0.15, 0.2) is 0 Å². The van der Waals surface area contributed by atoms with E-state index in [9.17, 15) is 8.42 Å². The van der Waals surface area contributed by atoms with Gasteiger partial charge in [-0.25, -0.2) is 18.4 Å². The molecule has 0 spiro atoms. The van der Waals surface area contributed by atoms with E-state index in [2.05, 4.69) is 19.7 Å². The normalized spacial score (nSPS) is 11.7. The summed E-state index contributed by atoms with van der Waals surface area (Å²) in [6.07, 6.45) is 4.38. The lowest BCUT2D eigenvalue weighted by atomic mass is 10.3. The molecule has 0 saturated carbocycles. The smallest absolute Gasteiger partial charge is 0.264 e. The van der Waals surface area contributed by atoms with Crippen molar-refractivity contribution < 1.29 is 8.42 Å². The van der Waals surface area contributed by atoms with Gasteiger partial charge in [-0.1, -0.05) is 11.6 Å². The van der Waals surface area contributed by atoms with E-state index in [1.54, 1.807) is 31.3 Å². The monoisotopic (exact) mass is 322 g/mol. The molecule has 0 aliphatic heterocycles. The second-order valence-electron chi connectivity index (χ2n) is 4.49. The fourth-order valence-corrected chi connectivity index (χ4v) is 3.28. The lowest BCUT2D eigenvalue weighted by Gasteiger charge is -2.08. The van der Waals surface area contributed by atoms with Gasteiger partial charge >= 0.3 is 0 Å². The van der Waals surface area contributed by atoms with Crippen molar-refractivity contribution >= 4 is 38.3 Å². The molecule has 0 saturated heterocycles. The van der Waals surface area contributed by atoms with Crippen LogP contribution in [0.15, 0.2) is 41.7 Å². The molecule has 0 aliphatic rings. The second kappa shape index (κ2) is 5.01. The minimum absolute atomic E-state index is 0.137. The molecule has 3 rings (SSSR count). The Labute approximate surface area is 126 Å². The number of pyridine rings is 2. The minimum atomic E-state index is -3.73. The second-order valence-corrected chi connectivity index (χ2v) is 6.50. The van der Waals surface area contributed by atoms with E-state index < -0.39 is 10.0 Å². The van der Waals surface area contributed by atoms with Crippen molar-refractivity contribution in [2.24, 2.45) is 0 Å². The largest absolute Gasteiger partial charge is 0.345 e. The highest BCUT2D eigenvalue weighted by molar-refractivity contribution is 7.93. The fourth-order valence-electron chi connectivity index (χ4n) is 1.98. The van der Waals surface area contributed by atoms with Crippen LogP contribution in [0.3, 0.4) is 0 Å². The van der Waals surface area contributed by atoms with E-state index in [1.165, 1.54) is 12.4 Å². The molecule has 0 amide bonds. The number of fused-ring (bicyclic) bond motifs is 1. The van der Waals surface area contributed by atoms with E-state index in [1.807, 2.05) is 0 Å². The Hall–Kier alpha value is -2.12. The van der Waals surface area contributed by atoms with Gasteiger partial charge in [-0.15, -0.1) is 0 Å². The predicted molar refractivity (Wildman–Crippen MR) is 80.9 cm³/mol. The van der Waals surface area contributed by atoms with Gasteiger partial charge < -0.3 is 4.98 Å². The van der Waals surface area contributed by atoms with Crippen molar-refractivity contribution in [1.29, 1.82) is 0 Å². The van der Waals surface area contributed by atoms with E-state index in [4.69, 9.17) is 11.6 Å². The minimum Gasteiger partial charge on any atom is -0.345 e. The van der Waals surface area contributed by atoms with E-state index in [0.29, 0.717) is 27.4 Å². The molecule has 8 heteroatoms. The number of anilines is 1. The van der Waals surface area contributed by atoms with Crippen LogP contribution in [0, 0.1) is 6.92 Å². The maximum absolute atomic E-state index is 12.5. The number of hydrogen-bond donors (Lipinski definition) is 2. The lowest BCUT2D eigenvalue weighted by Crippen LogP contribution is -2.12. The van der Waals surface area contributed by atoms with Gasteiger partial charge in [-0.2, -0.15) is 0 Å². The highest BCUT2D eigenvalue weighted by Crippen LogP contribution is 2.24. The number of aromatic amines is 1. The van der Waals surface area contributed by atoms with Crippen molar-refractivity contribution in [2.75, 3.05) is 4.72 Å². The average Bonchev–Trinajstić information content (AvgIpc) is 2.87. The number of nitrogens with zero attached hydrogens (tertiary/aromatic N) is 2. The van der Waals surface area contributed by atoms with Crippen molar-refractivity contribution in [3.05, 3.63) is 47.5 Å². The molecule has 108 valence electrons. The van der Waals surface area contributed by atoms with Crippen molar-refractivity contribution in [2.45, 2.75) is 11.8 Å². The van der Waals surface area contributed by atoms with Gasteiger partial charge in [0.1, 0.15) is 15.7 Å². The number of halogens is 1. The van der Waals surface area contributed by atoms with Gasteiger partial charge in [0.25, 0.3) is 10.0 Å². The molecule has 0 fully saturated rings. The summed E-state index contributed by atoms with van der Waals surface area (Å²) in [7, 11) is -3.73. The molecule has 0 aromatic carbocycles. The molecule has 3 heterocycles. The molecular weight excluding hydrogens is 312 g/mol. The first-order valence-electron chi connectivity index (χ1n) is 6.04. The summed E-state index contributed by atoms with van der Waals surface area (Å²) in [6.45, 7) is 1.75. The van der Waals surface area contributed by atoms with Crippen LogP contribution >= 0.6 is 11.6 Å². The number of sulfonamides is 1. The van der Waals surface area contributed by atoms with Gasteiger partial charge in [-0.3, -0.25) is 4.72 Å². The highest BCUT2D eigenvalue weighted by Gasteiger charge is 2.19. The Morgan fingerprint density at radius 2 is 2.14 bits per heavy atom. The molecule has 0 radical (unpaired) electrons. The SMILES string of the molecule is Cc1cc(NS(=O)(=O)c2c[nH]c3ncccc23)cnc1Cl. The van der Waals surface area contributed by atoms with Crippen LogP contribution in [0.25, 0.3) is 11.0 Å². The Morgan fingerprint density at radius 3 is 2.90 bits per heavy atom. The zero-order valence-electron chi connectivity index (χ0n) is 11.0. The number of rotatable bonds is 3. The average molecular weight is 323 g/mol. The summed E-state index contributed by atoms with van der Waals surface area (Å²) in [5.74, 6) is 0. The van der Waals surface area contributed by atoms with E-state index in [-0.39, 0.29) is 4.90 Å². The standard InChI is InChI=1S/C13H11ClN4O2S/c1-8-5-9(6-16-12(8)14)18-21(19,20)11-7-17-13-10(11)3-2-4-15-13/h2-7,18H,1H3,(H,15,17). The third kappa shape index (κ3) is 2.57. The van der Waals surface area contributed by atoms with Crippen LogP contribution in [-0.4, -0.2) is 23.4 Å². The molecule has 0 bridgehead atoms. The topological polar surface area (TPSA) is 87.7 Å². The highest BCUT2D eigenvalue weighted by atomic mass is 35.5. The lowest BCUT2D eigenvalue weighted by molar-refractivity contribution is 0.602. The first-order valence-corrected chi connectivity index (χ1v) is 7.90. The van der Waals surface area contributed by atoms with Crippen LogP contribution in [-0.2, 0) is 10.0 Å². The Balaban J connectivity index is 2.02. The van der Waals surface area contributed by atoms with Crippen LogP contribution in [0.2, 0.25) is 5.15 Å². The van der Waals surface area contributed by atoms with Crippen molar-refractivity contribution in [1.82, 2.24) is 15.0 Å². The molecule has 3 aromatic rings. The van der Waals surface area contributed by atoms with Crippen LogP contribution in [0.1, 0.15) is 5.56 Å². The Bertz CT molecular complexity index is 921. The molecule has 2 N–H and O–H groups in total. The molecule has 6 nitrogen and oxygen atoms in total. The quantitative estimate of drug-likeness (QED) is 0.726. The maximum atomic E-state index is 12.5. The number of nitrogens with one attached hydrogen (secondary N) is 2. The number of H-pyrrole nitrogens is 1. The number of aryl methyl sites for hydroxylation is 1. The van der Waals surface area contributed by atoms with E-state index in [0.717, 1.165) is 0 Å². The van der Waals surface area contributed by atoms with Gasteiger partial charge in [0.2, 0.25) is 0 Å². The van der Waals surface area contributed by atoms with Gasteiger partial charge in [0.05, 0.1) is 11.9 Å². The summed E-state index contributed by atoms with van der Waals surface area (Å²) in [5, 5.41) is 0.873. The van der Waals surface area contributed by atoms with Crippen LogP contribution in [0.4, 0.5) is 5.69 Å². The molecule has 21 heavy (non-hydrogen) atoms. The summed E-state index contributed by atoms with van der Waals surface area (Å²) < 4.78 is 27.4. The summed E-state index contributed by atoms with van der Waals surface area (Å²) in [5.41, 5.74) is 1.57. The molecule has 3 aromatic heterocycles. The van der Waals surface area contributed by atoms with Crippen molar-refractivity contribution in [3.8, 4) is 0 Å². The number of hydrogen-bond acceptors (Lipinski definition) is 4. The molecule has 0 atom stereocenters. The molecule has 0 aliphatic carbocycles. The Morgan fingerprint density at radius 1 is 1.33 bits per heavy atom. The summed E-state index contributed by atoms with van der Waals surface area (Å²) >= 11 is 5.83. The van der Waals surface area contributed by atoms with Gasteiger partial charge in [-0.05, 0) is 30.7 Å². The zero-order chi connectivity index (χ0) is 15.0. The summed E-state index contributed by atoms with van der Waals surface area (Å²) in [6, 6.07) is 5.00. The first-order chi connectivity index (χ1) is 9.97. The molecule has 0 unspecified atom stereocenters. The Kier molecular flexibility index (Phi) is 3.30. The summed E-state index contributed by atoms with van der Waals surface area (Å²) in [4.78, 5) is 11.0. The van der Waals surface area contributed by atoms with Crippen LogP contribution < -0.4 is 4.72 Å².